The molecule has 0 aromatic carbocycles. The Labute approximate surface area is 88.3 Å². The fourth-order valence-electron chi connectivity index (χ4n) is 2.08. The lowest BCUT2D eigenvalue weighted by molar-refractivity contribution is -0.00649. The molecule has 1 N–H and O–H groups in total. The molecule has 0 aromatic rings. The molecule has 2 heteroatoms. The molecule has 1 saturated heterocycles. The minimum atomic E-state index is -0.102. The summed E-state index contributed by atoms with van der Waals surface area (Å²) in [4.78, 5) is 2.45. The Hall–Kier alpha value is -0.0800. The third kappa shape index (κ3) is 3.25. The van der Waals surface area contributed by atoms with E-state index < -0.39 is 0 Å². The fourth-order valence-corrected chi connectivity index (χ4v) is 2.08. The first-order chi connectivity index (χ1) is 6.42. The van der Waals surface area contributed by atoms with Crippen molar-refractivity contribution in [1.29, 1.82) is 0 Å². The Morgan fingerprint density at radius 1 is 1.43 bits per heavy atom. The zero-order valence-corrected chi connectivity index (χ0v) is 10.1. The van der Waals surface area contributed by atoms with Gasteiger partial charge < -0.3 is 5.11 Å². The largest absolute Gasteiger partial charge is 0.392 e. The van der Waals surface area contributed by atoms with E-state index in [1.54, 1.807) is 0 Å². The Kier molecular flexibility index (Phi) is 3.96. The van der Waals surface area contributed by atoms with Crippen molar-refractivity contribution in [3.05, 3.63) is 0 Å². The van der Waals surface area contributed by atoms with Crippen LogP contribution in [0.3, 0.4) is 0 Å². The van der Waals surface area contributed by atoms with Crippen LogP contribution in [0.1, 0.15) is 47.0 Å². The lowest BCUT2D eigenvalue weighted by Crippen LogP contribution is -2.52. The molecule has 1 unspecified atom stereocenters. The Balaban J connectivity index is 2.46. The summed E-state index contributed by atoms with van der Waals surface area (Å²) in [5.41, 5.74) is 0.286. The molecule has 0 saturated carbocycles. The molecule has 2 nitrogen and oxygen atoms in total. The molecule has 1 aliphatic rings. The van der Waals surface area contributed by atoms with E-state index in [0.29, 0.717) is 0 Å². The molecule has 84 valence electrons. The van der Waals surface area contributed by atoms with Gasteiger partial charge in [0.15, 0.2) is 0 Å². The van der Waals surface area contributed by atoms with Crippen LogP contribution in [0, 0.1) is 5.92 Å². The highest BCUT2D eigenvalue weighted by molar-refractivity contribution is 4.88. The van der Waals surface area contributed by atoms with Crippen molar-refractivity contribution in [3.8, 4) is 0 Å². The quantitative estimate of drug-likeness (QED) is 0.753. The topological polar surface area (TPSA) is 23.5 Å². The van der Waals surface area contributed by atoms with Gasteiger partial charge >= 0.3 is 0 Å². The molecular formula is C12H25NO. The Bertz CT molecular complexity index is 177. The van der Waals surface area contributed by atoms with E-state index in [1.165, 1.54) is 6.42 Å². The van der Waals surface area contributed by atoms with E-state index in [1.807, 2.05) is 0 Å². The summed E-state index contributed by atoms with van der Waals surface area (Å²) in [6.07, 6.45) is 3.21. The SMILES string of the molecule is CC(C)CCN1CC(O)CCC1(C)C. The predicted molar refractivity (Wildman–Crippen MR) is 60.3 cm³/mol. The maximum absolute atomic E-state index is 9.64. The van der Waals surface area contributed by atoms with Gasteiger partial charge in [-0.1, -0.05) is 13.8 Å². The van der Waals surface area contributed by atoms with Gasteiger partial charge in [0.25, 0.3) is 0 Å². The van der Waals surface area contributed by atoms with Gasteiger partial charge in [0.1, 0.15) is 0 Å². The van der Waals surface area contributed by atoms with Crippen LogP contribution in [0.5, 0.6) is 0 Å². The zero-order valence-electron chi connectivity index (χ0n) is 10.1. The number of aliphatic hydroxyl groups is 1. The third-order valence-electron chi connectivity index (χ3n) is 3.35. The van der Waals surface area contributed by atoms with Crippen LogP contribution in [0.2, 0.25) is 0 Å². The summed E-state index contributed by atoms with van der Waals surface area (Å²) >= 11 is 0. The predicted octanol–water partition coefficient (Wildman–Crippen LogP) is 2.27. The minimum Gasteiger partial charge on any atom is -0.392 e. The van der Waals surface area contributed by atoms with Gasteiger partial charge in [-0.05, 0) is 45.6 Å². The van der Waals surface area contributed by atoms with Crippen molar-refractivity contribution in [2.75, 3.05) is 13.1 Å². The standard InChI is InChI=1S/C12H25NO/c1-10(2)6-8-13-9-11(14)5-7-12(13,3)4/h10-11,14H,5-9H2,1-4H3. The second kappa shape index (κ2) is 4.63. The van der Waals surface area contributed by atoms with Gasteiger partial charge in [0.2, 0.25) is 0 Å². The lowest BCUT2D eigenvalue weighted by atomic mass is 9.88. The number of hydrogen-bond donors (Lipinski definition) is 1. The van der Waals surface area contributed by atoms with Crippen molar-refractivity contribution in [1.82, 2.24) is 4.90 Å². The summed E-state index contributed by atoms with van der Waals surface area (Å²) in [5, 5.41) is 9.64. The maximum atomic E-state index is 9.64. The van der Waals surface area contributed by atoms with Crippen LogP contribution in [0.25, 0.3) is 0 Å². The maximum Gasteiger partial charge on any atom is 0.0668 e. The summed E-state index contributed by atoms with van der Waals surface area (Å²) < 4.78 is 0. The zero-order chi connectivity index (χ0) is 10.8. The van der Waals surface area contributed by atoms with Gasteiger partial charge in [-0.3, -0.25) is 4.90 Å². The number of β-amino-alcohol motifs (C(OH)–C–C–N with tert-alkyl or cyclic N) is 1. The number of piperidine rings is 1. The van der Waals surface area contributed by atoms with Crippen molar-refractivity contribution < 1.29 is 5.11 Å². The molecule has 0 radical (unpaired) electrons. The fraction of sp³-hybridized carbons (Fsp3) is 1.00. The second-order valence-electron chi connectivity index (χ2n) is 5.63. The molecule has 0 aromatic heterocycles. The van der Waals surface area contributed by atoms with E-state index in [-0.39, 0.29) is 11.6 Å². The highest BCUT2D eigenvalue weighted by Crippen LogP contribution is 2.27. The van der Waals surface area contributed by atoms with E-state index in [9.17, 15) is 5.11 Å². The molecule has 1 aliphatic heterocycles. The molecule has 0 amide bonds. The first kappa shape index (κ1) is 12.0. The molecule has 1 fully saturated rings. The van der Waals surface area contributed by atoms with Crippen LogP contribution in [-0.4, -0.2) is 34.7 Å². The molecule has 0 aliphatic carbocycles. The lowest BCUT2D eigenvalue weighted by Gasteiger charge is -2.44. The minimum absolute atomic E-state index is 0.102. The van der Waals surface area contributed by atoms with Crippen LogP contribution >= 0.6 is 0 Å². The second-order valence-corrected chi connectivity index (χ2v) is 5.63. The summed E-state index contributed by atoms with van der Waals surface area (Å²) in [6.45, 7) is 11.1. The van der Waals surface area contributed by atoms with Crippen molar-refractivity contribution in [2.45, 2.75) is 58.6 Å². The van der Waals surface area contributed by atoms with Crippen molar-refractivity contribution in [3.63, 3.8) is 0 Å². The molecule has 0 bridgehead atoms. The highest BCUT2D eigenvalue weighted by atomic mass is 16.3. The van der Waals surface area contributed by atoms with Crippen LogP contribution in [-0.2, 0) is 0 Å². The first-order valence-electron chi connectivity index (χ1n) is 5.85. The average molecular weight is 199 g/mol. The monoisotopic (exact) mass is 199 g/mol. The van der Waals surface area contributed by atoms with E-state index in [4.69, 9.17) is 0 Å². The molecule has 14 heavy (non-hydrogen) atoms. The average Bonchev–Trinajstić information content (AvgIpc) is 2.07. The van der Waals surface area contributed by atoms with Crippen LogP contribution in [0.4, 0.5) is 0 Å². The van der Waals surface area contributed by atoms with Gasteiger partial charge in [0, 0.05) is 12.1 Å². The Morgan fingerprint density at radius 3 is 2.64 bits per heavy atom. The van der Waals surface area contributed by atoms with Crippen molar-refractivity contribution >= 4 is 0 Å². The summed E-state index contributed by atoms with van der Waals surface area (Å²) in [7, 11) is 0. The van der Waals surface area contributed by atoms with Gasteiger partial charge in [0.05, 0.1) is 6.10 Å². The van der Waals surface area contributed by atoms with E-state index in [2.05, 4.69) is 32.6 Å². The third-order valence-corrected chi connectivity index (χ3v) is 3.35. The van der Waals surface area contributed by atoms with E-state index in [0.717, 1.165) is 31.8 Å². The van der Waals surface area contributed by atoms with Gasteiger partial charge in [-0.25, -0.2) is 0 Å². The van der Waals surface area contributed by atoms with Gasteiger partial charge in [-0.15, -0.1) is 0 Å². The first-order valence-corrected chi connectivity index (χ1v) is 5.85. The summed E-state index contributed by atoms with van der Waals surface area (Å²) in [5.74, 6) is 0.755. The highest BCUT2D eigenvalue weighted by Gasteiger charge is 2.32. The molecule has 1 rings (SSSR count). The van der Waals surface area contributed by atoms with Crippen molar-refractivity contribution in [2.24, 2.45) is 5.92 Å². The normalized spacial score (nSPS) is 28.3. The number of hydrogen-bond acceptors (Lipinski definition) is 2. The van der Waals surface area contributed by atoms with E-state index >= 15 is 0 Å². The van der Waals surface area contributed by atoms with Gasteiger partial charge in [-0.2, -0.15) is 0 Å². The molecule has 0 spiro atoms. The number of aliphatic hydroxyl groups excluding tert-OH is 1. The van der Waals surface area contributed by atoms with Crippen LogP contribution < -0.4 is 0 Å². The molecule has 1 heterocycles. The van der Waals surface area contributed by atoms with Crippen LogP contribution in [0.15, 0.2) is 0 Å². The number of rotatable bonds is 3. The number of likely N-dealkylation sites (tertiary alicyclic amines) is 1. The molecular weight excluding hydrogens is 174 g/mol. The smallest absolute Gasteiger partial charge is 0.0668 e. The Morgan fingerprint density at radius 2 is 2.07 bits per heavy atom. The summed E-state index contributed by atoms with van der Waals surface area (Å²) in [6, 6.07) is 0. The molecule has 1 atom stereocenters. The number of nitrogens with zero attached hydrogens (tertiary/aromatic N) is 1.